The molecule has 3 rings (SSSR count). The first-order chi connectivity index (χ1) is 14.0. The summed E-state index contributed by atoms with van der Waals surface area (Å²) >= 11 is 1.62. The van der Waals surface area contributed by atoms with Crippen molar-refractivity contribution in [3.8, 4) is 22.8 Å². The number of carbonyl (C=O) groups excluding carboxylic acids is 1. The number of anilines is 1. The van der Waals surface area contributed by atoms with Gasteiger partial charge in [-0.2, -0.15) is 0 Å². The van der Waals surface area contributed by atoms with E-state index in [9.17, 15) is 4.79 Å². The second-order valence-corrected chi connectivity index (χ2v) is 7.04. The molecule has 6 nitrogen and oxygen atoms in total. The van der Waals surface area contributed by atoms with E-state index < -0.39 is 0 Å². The van der Waals surface area contributed by atoms with Crippen LogP contribution in [0, 0.1) is 12.8 Å². The standard InChI is InChI=1S/C18H23N3O3S.2C2H6/c1-11-8-13(9-15(23-2)16(11)24-3)14-10-25-18(20-14)21-6-4-12(5-7-21)17(19)22;2*1-2/h8-10,12H,4-7H2,1-3H3,(H2,19,22);2*1-2H3. The summed E-state index contributed by atoms with van der Waals surface area (Å²) in [5.74, 6) is 1.24. The first kappa shape index (κ1) is 24.8. The molecule has 162 valence electrons. The number of benzene rings is 1. The summed E-state index contributed by atoms with van der Waals surface area (Å²) in [6, 6.07) is 4.00. The Bertz CT molecular complexity index is 769. The Labute approximate surface area is 179 Å². The predicted molar refractivity (Wildman–Crippen MR) is 122 cm³/mol. The van der Waals surface area contributed by atoms with Gasteiger partial charge >= 0.3 is 0 Å². The molecule has 2 heterocycles. The van der Waals surface area contributed by atoms with Crippen LogP contribution in [0.25, 0.3) is 11.3 Å². The second kappa shape index (κ2) is 12.3. The van der Waals surface area contributed by atoms with E-state index >= 15 is 0 Å². The SMILES string of the molecule is CC.CC.COc1cc(-c2csc(N3CCC(C(N)=O)CC3)n2)cc(C)c1OC. The molecule has 0 spiro atoms. The number of nitrogens with two attached hydrogens (primary N) is 1. The molecule has 0 saturated carbocycles. The molecule has 1 saturated heterocycles. The van der Waals surface area contributed by atoms with E-state index in [2.05, 4.69) is 16.3 Å². The molecule has 0 radical (unpaired) electrons. The molecule has 1 aliphatic rings. The Balaban J connectivity index is 0.000000989. The highest BCUT2D eigenvalue weighted by molar-refractivity contribution is 7.14. The van der Waals surface area contributed by atoms with Gasteiger partial charge in [-0.15, -0.1) is 11.3 Å². The second-order valence-electron chi connectivity index (χ2n) is 6.21. The van der Waals surface area contributed by atoms with Gasteiger partial charge in [0.2, 0.25) is 5.91 Å². The molecule has 29 heavy (non-hydrogen) atoms. The highest BCUT2D eigenvalue weighted by Gasteiger charge is 2.24. The van der Waals surface area contributed by atoms with Gasteiger partial charge in [0.25, 0.3) is 0 Å². The van der Waals surface area contributed by atoms with Gasteiger partial charge in [-0.1, -0.05) is 27.7 Å². The molecule has 0 bridgehead atoms. The van der Waals surface area contributed by atoms with Crippen molar-refractivity contribution >= 4 is 22.4 Å². The minimum Gasteiger partial charge on any atom is -0.493 e. The van der Waals surface area contributed by atoms with Crippen LogP contribution in [0.2, 0.25) is 0 Å². The number of piperidine rings is 1. The largest absolute Gasteiger partial charge is 0.493 e. The highest BCUT2D eigenvalue weighted by Crippen LogP contribution is 2.37. The molecule has 1 fully saturated rings. The molecule has 1 aromatic heterocycles. The van der Waals surface area contributed by atoms with E-state index in [1.807, 2.05) is 40.7 Å². The van der Waals surface area contributed by atoms with E-state index in [4.69, 9.17) is 20.2 Å². The fourth-order valence-corrected chi connectivity index (χ4v) is 4.09. The third-order valence-electron chi connectivity index (χ3n) is 4.62. The highest BCUT2D eigenvalue weighted by atomic mass is 32.1. The number of rotatable bonds is 5. The van der Waals surface area contributed by atoms with Crippen molar-refractivity contribution in [2.75, 3.05) is 32.2 Å². The smallest absolute Gasteiger partial charge is 0.220 e. The van der Waals surface area contributed by atoms with Crippen molar-refractivity contribution in [2.24, 2.45) is 11.7 Å². The molecule has 1 amide bonds. The Morgan fingerprint density at radius 1 is 1.14 bits per heavy atom. The van der Waals surface area contributed by atoms with E-state index in [-0.39, 0.29) is 11.8 Å². The number of nitrogens with zero attached hydrogens (tertiary/aromatic N) is 2. The molecule has 0 aliphatic carbocycles. The normalized spacial score (nSPS) is 13.6. The Morgan fingerprint density at radius 2 is 1.76 bits per heavy atom. The van der Waals surface area contributed by atoms with Crippen LogP contribution < -0.4 is 20.1 Å². The van der Waals surface area contributed by atoms with Crippen molar-refractivity contribution in [1.29, 1.82) is 0 Å². The lowest BCUT2D eigenvalue weighted by atomic mass is 9.97. The van der Waals surface area contributed by atoms with Crippen molar-refractivity contribution in [3.05, 3.63) is 23.1 Å². The van der Waals surface area contributed by atoms with E-state index in [0.717, 1.165) is 53.6 Å². The molecule has 1 aromatic carbocycles. The van der Waals surface area contributed by atoms with Crippen molar-refractivity contribution < 1.29 is 14.3 Å². The number of carbonyl (C=O) groups is 1. The lowest BCUT2D eigenvalue weighted by Gasteiger charge is -2.30. The fraction of sp³-hybridized carbons (Fsp3) is 0.545. The van der Waals surface area contributed by atoms with Gasteiger partial charge in [-0.3, -0.25) is 4.79 Å². The van der Waals surface area contributed by atoms with Crippen LogP contribution in [0.15, 0.2) is 17.5 Å². The average Bonchev–Trinajstić information content (AvgIpc) is 3.26. The number of hydrogen-bond donors (Lipinski definition) is 1. The van der Waals surface area contributed by atoms with E-state index in [0.29, 0.717) is 5.75 Å². The lowest BCUT2D eigenvalue weighted by Crippen LogP contribution is -2.38. The molecule has 0 atom stereocenters. The summed E-state index contributed by atoms with van der Waals surface area (Å²) in [5, 5.41) is 3.03. The number of aryl methyl sites for hydroxylation is 1. The number of amides is 1. The van der Waals surface area contributed by atoms with Gasteiger partial charge in [0.1, 0.15) is 0 Å². The van der Waals surface area contributed by atoms with Crippen LogP contribution in [0.3, 0.4) is 0 Å². The van der Waals surface area contributed by atoms with Crippen molar-refractivity contribution in [2.45, 2.75) is 47.5 Å². The number of hydrogen-bond acceptors (Lipinski definition) is 6. The number of aromatic nitrogens is 1. The van der Waals surface area contributed by atoms with Crippen LogP contribution in [0.4, 0.5) is 5.13 Å². The Morgan fingerprint density at radius 3 is 2.28 bits per heavy atom. The Kier molecular flexibility index (Phi) is 10.5. The number of primary amides is 1. The molecule has 2 N–H and O–H groups in total. The van der Waals surface area contributed by atoms with Gasteiger partial charge in [0, 0.05) is 30.0 Å². The molecular weight excluding hydrogens is 386 g/mol. The van der Waals surface area contributed by atoms with Gasteiger partial charge in [-0.25, -0.2) is 4.98 Å². The zero-order chi connectivity index (χ0) is 22.0. The van der Waals surface area contributed by atoms with Crippen LogP contribution in [-0.2, 0) is 4.79 Å². The first-order valence-electron chi connectivity index (χ1n) is 10.3. The molecule has 2 aromatic rings. The van der Waals surface area contributed by atoms with Gasteiger partial charge in [-0.05, 0) is 37.5 Å². The summed E-state index contributed by atoms with van der Waals surface area (Å²) in [4.78, 5) is 18.3. The third-order valence-corrected chi connectivity index (χ3v) is 5.52. The molecule has 1 aliphatic heterocycles. The number of ether oxygens (including phenoxy) is 2. The minimum atomic E-state index is -0.194. The van der Waals surface area contributed by atoms with Gasteiger partial charge in [0.05, 0.1) is 19.9 Å². The van der Waals surface area contributed by atoms with Crippen molar-refractivity contribution in [3.63, 3.8) is 0 Å². The van der Waals surface area contributed by atoms with Gasteiger partial charge in [0.15, 0.2) is 16.6 Å². The zero-order valence-electron chi connectivity index (χ0n) is 18.7. The van der Waals surface area contributed by atoms with Crippen LogP contribution in [0.1, 0.15) is 46.1 Å². The monoisotopic (exact) mass is 421 g/mol. The maximum Gasteiger partial charge on any atom is 0.220 e. The molecular formula is C22H35N3O3S. The summed E-state index contributed by atoms with van der Waals surface area (Å²) in [6.45, 7) is 11.6. The van der Waals surface area contributed by atoms with Crippen molar-refractivity contribution in [1.82, 2.24) is 4.98 Å². The fourth-order valence-electron chi connectivity index (χ4n) is 3.20. The third kappa shape index (κ3) is 6.10. The van der Waals surface area contributed by atoms with Crippen LogP contribution in [0.5, 0.6) is 11.5 Å². The van der Waals surface area contributed by atoms with Crippen LogP contribution >= 0.6 is 11.3 Å². The number of thiazole rings is 1. The molecule has 7 heteroatoms. The van der Waals surface area contributed by atoms with Gasteiger partial charge < -0.3 is 20.1 Å². The minimum absolute atomic E-state index is 0.0100. The maximum absolute atomic E-state index is 11.3. The summed E-state index contributed by atoms with van der Waals surface area (Å²) in [7, 11) is 3.28. The first-order valence-corrected chi connectivity index (χ1v) is 11.1. The lowest BCUT2D eigenvalue weighted by molar-refractivity contribution is -0.122. The van der Waals surface area contributed by atoms with E-state index in [1.54, 1.807) is 25.6 Å². The zero-order valence-corrected chi connectivity index (χ0v) is 19.6. The predicted octanol–water partition coefficient (Wildman–Crippen LogP) is 4.89. The summed E-state index contributed by atoms with van der Waals surface area (Å²) < 4.78 is 10.8. The number of methoxy groups -OCH3 is 2. The summed E-state index contributed by atoms with van der Waals surface area (Å²) in [6.07, 6.45) is 1.58. The van der Waals surface area contributed by atoms with E-state index in [1.165, 1.54) is 0 Å². The molecule has 0 unspecified atom stereocenters. The Hall–Kier alpha value is -2.28. The maximum atomic E-state index is 11.3. The summed E-state index contributed by atoms with van der Waals surface area (Å²) in [5.41, 5.74) is 8.33. The average molecular weight is 422 g/mol. The quantitative estimate of drug-likeness (QED) is 0.744. The van der Waals surface area contributed by atoms with Crippen LogP contribution in [-0.4, -0.2) is 38.2 Å². The topological polar surface area (TPSA) is 77.7 Å².